The first-order chi connectivity index (χ1) is 14.8. The summed E-state index contributed by atoms with van der Waals surface area (Å²) >= 11 is 0. The molecule has 148 valence electrons. The first-order valence-electron chi connectivity index (χ1n) is 10.0. The number of anilines is 2. The molecule has 7 heteroatoms. The molecule has 1 unspecified atom stereocenters. The van der Waals surface area contributed by atoms with Crippen LogP contribution in [-0.2, 0) is 6.54 Å². The van der Waals surface area contributed by atoms with Crippen LogP contribution in [-0.4, -0.2) is 31.4 Å². The van der Waals surface area contributed by atoms with E-state index >= 15 is 0 Å². The maximum absolute atomic E-state index is 8.85. The van der Waals surface area contributed by atoms with Gasteiger partial charge in [0.1, 0.15) is 17.6 Å². The highest BCUT2D eigenvalue weighted by molar-refractivity contribution is 5.82. The summed E-state index contributed by atoms with van der Waals surface area (Å²) in [5.41, 5.74) is 4.67. The molecule has 1 aromatic carbocycles. The lowest BCUT2D eigenvalue weighted by Gasteiger charge is -2.24. The Hall–Kier alpha value is -3.76. The zero-order chi connectivity index (χ0) is 20.3. The number of benzene rings is 1. The van der Waals surface area contributed by atoms with E-state index in [1.807, 2.05) is 24.5 Å². The number of nitriles is 1. The molecule has 4 aromatic rings. The van der Waals surface area contributed by atoms with Gasteiger partial charge in [-0.2, -0.15) is 5.26 Å². The number of hydrogen-bond donors (Lipinski definition) is 2. The third kappa shape index (κ3) is 3.61. The lowest BCUT2D eigenvalue weighted by Crippen LogP contribution is -2.23. The van der Waals surface area contributed by atoms with Gasteiger partial charge < -0.3 is 10.3 Å². The van der Waals surface area contributed by atoms with E-state index in [9.17, 15) is 0 Å². The van der Waals surface area contributed by atoms with E-state index in [1.165, 1.54) is 16.5 Å². The number of aromatic nitrogens is 4. The number of nitrogens with one attached hydrogen (secondary N) is 2. The third-order valence-electron chi connectivity index (χ3n) is 5.59. The lowest BCUT2D eigenvalue weighted by molar-refractivity contribution is 0.245. The molecule has 0 aliphatic carbocycles. The highest BCUT2D eigenvalue weighted by Gasteiger charge is 2.27. The zero-order valence-corrected chi connectivity index (χ0v) is 16.4. The van der Waals surface area contributed by atoms with Crippen LogP contribution in [0.15, 0.2) is 61.2 Å². The van der Waals surface area contributed by atoms with E-state index in [2.05, 4.69) is 54.4 Å². The van der Waals surface area contributed by atoms with E-state index in [-0.39, 0.29) is 6.04 Å². The molecule has 0 spiro atoms. The second kappa shape index (κ2) is 7.93. The van der Waals surface area contributed by atoms with Crippen molar-refractivity contribution in [1.82, 2.24) is 24.8 Å². The molecule has 1 aliphatic rings. The minimum atomic E-state index is 0.275. The van der Waals surface area contributed by atoms with Gasteiger partial charge in [0.15, 0.2) is 0 Å². The van der Waals surface area contributed by atoms with Crippen LogP contribution in [0.25, 0.3) is 10.9 Å². The van der Waals surface area contributed by atoms with Gasteiger partial charge in [0.2, 0.25) is 0 Å². The highest BCUT2D eigenvalue weighted by atomic mass is 15.2. The van der Waals surface area contributed by atoms with Gasteiger partial charge in [-0.25, -0.2) is 9.97 Å². The normalized spacial score (nSPS) is 16.6. The molecule has 0 bridgehead atoms. The van der Waals surface area contributed by atoms with Gasteiger partial charge in [-0.3, -0.25) is 9.88 Å². The summed E-state index contributed by atoms with van der Waals surface area (Å²) in [5.74, 6) is 0.659. The highest BCUT2D eigenvalue weighted by Crippen LogP contribution is 2.33. The molecule has 0 radical (unpaired) electrons. The molecule has 3 aromatic heterocycles. The molecule has 4 heterocycles. The van der Waals surface area contributed by atoms with Crippen LogP contribution >= 0.6 is 0 Å². The Bertz CT molecular complexity index is 1190. The van der Waals surface area contributed by atoms with Crippen molar-refractivity contribution in [2.45, 2.75) is 25.4 Å². The Labute approximate surface area is 174 Å². The summed E-state index contributed by atoms with van der Waals surface area (Å²) < 4.78 is 0. The van der Waals surface area contributed by atoms with Gasteiger partial charge in [-0.1, -0.05) is 12.1 Å². The van der Waals surface area contributed by atoms with Crippen molar-refractivity contribution in [2.75, 3.05) is 11.9 Å². The van der Waals surface area contributed by atoms with E-state index in [0.29, 0.717) is 11.5 Å². The Balaban J connectivity index is 1.30. The van der Waals surface area contributed by atoms with Gasteiger partial charge in [-0.15, -0.1) is 0 Å². The molecule has 0 amide bonds. The van der Waals surface area contributed by atoms with Crippen LogP contribution in [0.1, 0.15) is 35.8 Å². The number of H-pyrrole nitrogens is 1. The molecule has 1 atom stereocenters. The molecule has 1 fully saturated rings. The smallest absolute Gasteiger partial charge is 0.148 e. The summed E-state index contributed by atoms with van der Waals surface area (Å²) in [5, 5.41) is 13.3. The fourth-order valence-corrected chi connectivity index (χ4v) is 4.11. The first kappa shape index (κ1) is 18.3. The molecule has 2 N–H and O–H groups in total. The van der Waals surface area contributed by atoms with Crippen LogP contribution in [0.3, 0.4) is 0 Å². The van der Waals surface area contributed by atoms with Gasteiger partial charge in [0.25, 0.3) is 0 Å². The van der Waals surface area contributed by atoms with Gasteiger partial charge in [0, 0.05) is 23.6 Å². The average Bonchev–Trinajstić information content (AvgIpc) is 3.45. The van der Waals surface area contributed by atoms with Gasteiger partial charge in [-0.05, 0) is 49.2 Å². The summed E-state index contributed by atoms with van der Waals surface area (Å²) in [6.07, 6.45) is 9.48. The Morgan fingerprint density at radius 1 is 1.10 bits per heavy atom. The van der Waals surface area contributed by atoms with Crippen molar-refractivity contribution < 1.29 is 0 Å². The number of fused-ring (bicyclic) bond motifs is 1. The predicted molar refractivity (Wildman–Crippen MR) is 115 cm³/mol. The molecule has 1 aliphatic heterocycles. The number of hydrogen-bond acceptors (Lipinski definition) is 6. The van der Waals surface area contributed by atoms with Crippen molar-refractivity contribution in [2.24, 2.45) is 0 Å². The van der Waals surface area contributed by atoms with E-state index in [4.69, 9.17) is 5.26 Å². The number of nitrogens with zero attached hydrogens (tertiary/aromatic N) is 5. The maximum atomic E-state index is 8.85. The van der Waals surface area contributed by atoms with Crippen LogP contribution in [0, 0.1) is 11.3 Å². The van der Waals surface area contributed by atoms with Gasteiger partial charge >= 0.3 is 0 Å². The van der Waals surface area contributed by atoms with Crippen molar-refractivity contribution in [3.63, 3.8) is 0 Å². The summed E-state index contributed by atoms with van der Waals surface area (Å²) in [6.45, 7) is 1.96. The number of pyridine rings is 1. The van der Waals surface area contributed by atoms with Crippen LogP contribution in [0.5, 0.6) is 0 Å². The second-order valence-electron chi connectivity index (χ2n) is 7.48. The van der Waals surface area contributed by atoms with Crippen LogP contribution < -0.4 is 5.32 Å². The largest absolute Gasteiger partial charge is 0.361 e. The molecular formula is C23H21N7. The fraction of sp³-hybridized carbons (Fsp3) is 0.217. The second-order valence-corrected chi connectivity index (χ2v) is 7.48. The zero-order valence-electron chi connectivity index (χ0n) is 16.4. The fourth-order valence-electron chi connectivity index (χ4n) is 4.11. The van der Waals surface area contributed by atoms with Gasteiger partial charge in [0.05, 0.1) is 36.0 Å². The average molecular weight is 395 g/mol. The summed E-state index contributed by atoms with van der Waals surface area (Å²) in [4.78, 5) is 19.1. The number of likely N-dealkylation sites (tertiary alicyclic amines) is 1. The molecule has 1 saturated heterocycles. The minimum absolute atomic E-state index is 0.275. The Kier molecular flexibility index (Phi) is 4.83. The standard InChI is InChI=1S/C23H21N7/c24-11-17-6-7-18(12-26-17)29-23-14-27-21(13-28-23)22-5-2-10-30(22)15-16-3-1-4-20-19(16)8-9-25-20/h1,3-4,6-9,12-14,22,25H,2,5,10,15H2,(H,28,29). The first-order valence-corrected chi connectivity index (χ1v) is 10.0. The Morgan fingerprint density at radius 2 is 2.07 bits per heavy atom. The summed E-state index contributed by atoms with van der Waals surface area (Å²) in [6, 6.07) is 14.3. The van der Waals surface area contributed by atoms with Crippen LogP contribution in [0.4, 0.5) is 11.5 Å². The topological polar surface area (TPSA) is 93.5 Å². The Morgan fingerprint density at radius 3 is 2.87 bits per heavy atom. The molecule has 7 nitrogen and oxygen atoms in total. The van der Waals surface area contributed by atoms with Crippen molar-refractivity contribution >= 4 is 22.4 Å². The maximum Gasteiger partial charge on any atom is 0.148 e. The summed E-state index contributed by atoms with van der Waals surface area (Å²) in [7, 11) is 0. The van der Waals surface area contributed by atoms with Crippen molar-refractivity contribution in [3.8, 4) is 6.07 Å². The SMILES string of the molecule is N#Cc1ccc(Nc2cnc(C3CCCN3Cc3cccc4[nH]ccc34)cn2)cn1. The lowest BCUT2D eigenvalue weighted by atomic mass is 10.1. The monoisotopic (exact) mass is 395 g/mol. The third-order valence-corrected chi connectivity index (χ3v) is 5.59. The van der Waals surface area contributed by atoms with E-state index < -0.39 is 0 Å². The van der Waals surface area contributed by atoms with Crippen molar-refractivity contribution in [3.05, 3.63) is 78.1 Å². The van der Waals surface area contributed by atoms with Crippen molar-refractivity contribution in [1.29, 1.82) is 5.26 Å². The molecule has 30 heavy (non-hydrogen) atoms. The molecule has 0 saturated carbocycles. The van der Waals surface area contributed by atoms with Crippen LogP contribution in [0.2, 0.25) is 0 Å². The minimum Gasteiger partial charge on any atom is -0.361 e. The van der Waals surface area contributed by atoms with E-state index in [0.717, 1.165) is 37.3 Å². The predicted octanol–water partition coefficient (Wildman–Crippen LogP) is 4.31. The molecule has 5 rings (SSSR count). The number of rotatable bonds is 5. The number of aromatic amines is 1. The molecular weight excluding hydrogens is 374 g/mol. The quantitative estimate of drug-likeness (QED) is 0.523. The van der Waals surface area contributed by atoms with E-state index in [1.54, 1.807) is 18.5 Å².